The lowest BCUT2D eigenvalue weighted by molar-refractivity contribution is -0.144. The van der Waals surface area contributed by atoms with Crippen molar-refractivity contribution in [2.75, 3.05) is 6.54 Å². The Morgan fingerprint density at radius 2 is 1.83 bits per heavy atom. The molecule has 4 aliphatic rings. The van der Waals surface area contributed by atoms with Crippen LogP contribution in [0.3, 0.4) is 0 Å². The van der Waals surface area contributed by atoms with E-state index < -0.39 is 5.60 Å². The molecule has 0 radical (unpaired) electrons. The normalized spacial score (nSPS) is 47.1. The first-order valence-corrected chi connectivity index (χ1v) is 12.1. The molecule has 0 saturated heterocycles. The minimum Gasteiger partial charge on any atom is -0.378 e. The largest absolute Gasteiger partial charge is 0.378 e. The molecule has 2 N–H and O–H groups in total. The number of fused-ring (bicyclic) bond motifs is 5. The van der Waals surface area contributed by atoms with E-state index in [4.69, 9.17) is 0 Å². The van der Waals surface area contributed by atoms with Crippen molar-refractivity contribution < 1.29 is 14.7 Å². The SMILES string of the molecule is CC(=O)[C@H]1CC[C@H]2[C@@H]3CC[C@@H]4C[C@@](O)(C#CCCNC=O)CC[C@]4(C)[C@H]3CC[C@]12C. The van der Waals surface area contributed by atoms with Gasteiger partial charge in [-0.2, -0.15) is 0 Å². The predicted octanol–water partition coefficient (Wildman–Crippen LogP) is 4.10. The second-order valence-corrected chi connectivity index (χ2v) is 11.3. The molecule has 8 atom stereocenters. The number of rotatable bonds is 4. The van der Waals surface area contributed by atoms with E-state index in [0.717, 1.165) is 37.5 Å². The number of carbonyl (C=O) groups is 2. The topological polar surface area (TPSA) is 66.4 Å². The molecule has 0 aromatic rings. The highest BCUT2D eigenvalue weighted by Gasteiger charge is 2.61. The van der Waals surface area contributed by atoms with Crippen LogP contribution in [0.1, 0.15) is 85.0 Å². The van der Waals surface area contributed by atoms with Crippen LogP contribution in [0.25, 0.3) is 0 Å². The van der Waals surface area contributed by atoms with Crippen molar-refractivity contribution in [2.45, 2.75) is 90.6 Å². The third-order valence-electron chi connectivity index (χ3n) is 10.0. The molecule has 4 nitrogen and oxygen atoms in total. The van der Waals surface area contributed by atoms with Gasteiger partial charge in [-0.1, -0.05) is 25.7 Å². The van der Waals surface area contributed by atoms with Gasteiger partial charge in [0.25, 0.3) is 0 Å². The maximum absolute atomic E-state index is 12.3. The summed E-state index contributed by atoms with van der Waals surface area (Å²) < 4.78 is 0. The molecule has 4 rings (SSSR count). The van der Waals surface area contributed by atoms with Crippen LogP contribution in [-0.2, 0) is 9.59 Å². The summed E-state index contributed by atoms with van der Waals surface area (Å²) in [4.78, 5) is 22.7. The average molecular weight is 414 g/mol. The van der Waals surface area contributed by atoms with Gasteiger partial charge in [-0.25, -0.2) is 0 Å². The van der Waals surface area contributed by atoms with Gasteiger partial charge in [-0.3, -0.25) is 9.59 Å². The van der Waals surface area contributed by atoms with E-state index >= 15 is 0 Å². The van der Waals surface area contributed by atoms with Crippen LogP contribution < -0.4 is 5.32 Å². The van der Waals surface area contributed by atoms with Crippen molar-refractivity contribution in [1.29, 1.82) is 0 Å². The van der Waals surface area contributed by atoms with Gasteiger partial charge in [0.1, 0.15) is 11.4 Å². The monoisotopic (exact) mass is 413 g/mol. The van der Waals surface area contributed by atoms with E-state index in [9.17, 15) is 14.7 Å². The van der Waals surface area contributed by atoms with Gasteiger partial charge in [0, 0.05) is 18.9 Å². The van der Waals surface area contributed by atoms with E-state index in [0.29, 0.717) is 42.4 Å². The highest BCUT2D eigenvalue weighted by atomic mass is 16.3. The van der Waals surface area contributed by atoms with Crippen molar-refractivity contribution in [3.8, 4) is 11.8 Å². The van der Waals surface area contributed by atoms with Crippen LogP contribution in [0.5, 0.6) is 0 Å². The maximum Gasteiger partial charge on any atom is 0.207 e. The minimum absolute atomic E-state index is 0.215. The molecule has 4 saturated carbocycles. The number of carbonyl (C=O) groups excluding carboxylic acids is 2. The molecule has 0 unspecified atom stereocenters. The predicted molar refractivity (Wildman–Crippen MR) is 117 cm³/mol. The molecule has 166 valence electrons. The van der Waals surface area contributed by atoms with Crippen LogP contribution in [0, 0.1) is 52.3 Å². The quantitative estimate of drug-likeness (QED) is 0.414. The van der Waals surface area contributed by atoms with Crippen LogP contribution >= 0.6 is 0 Å². The summed E-state index contributed by atoms with van der Waals surface area (Å²) in [6.45, 7) is 7.26. The Hall–Kier alpha value is -1.34. The molecular weight excluding hydrogens is 374 g/mol. The van der Waals surface area contributed by atoms with Crippen molar-refractivity contribution in [3.05, 3.63) is 0 Å². The van der Waals surface area contributed by atoms with E-state index in [1.165, 1.54) is 32.1 Å². The van der Waals surface area contributed by atoms with Gasteiger partial charge >= 0.3 is 0 Å². The second kappa shape index (κ2) is 7.97. The minimum atomic E-state index is -0.867. The molecule has 0 spiro atoms. The molecule has 4 heteroatoms. The molecule has 0 aromatic carbocycles. The molecule has 0 aromatic heterocycles. The molecular formula is C26H39NO3. The van der Waals surface area contributed by atoms with Gasteiger partial charge < -0.3 is 10.4 Å². The van der Waals surface area contributed by atoms with Crippen molar-refractivity contribution in [2.24, 2.45) is 40.4 Å². The zero-order valence-electron chi connectivity index (χ0n) is 19.0. The standard InChI is InChI=1S/C26H39NO3/c1-18(29)21-8-9-22-20-7-6-19-16-26(30,11-4-5-15-27-17-28)14-13-24(19,2)23(20)10-12-25(21,22)3/h17,19-23,30H,5-10,12-16H2,1-3H3,(H,27,28)/t19-,20+,21-,22+,23+,24+,25-,26-/m1/s1. The van der Waals surface area contributed by atoms with Crippen LogP contribution in [-0.4, -0.2) is 29.4 Å². The van der Waals surface area contributed by atoms with Gasteiger partial charge in [0.2, 0.25) is 6.41 Å². The first-order chi connectivity index (χ1) is 14.2. The van der Waals surface area contributed by atoms with Crippen molar-refractivity contribution in [1.82, 2.24) is 5.32 Å². The Morgan fingerprint density at radius 1 is 1.07 bits per heavy atom. The first-order valence-electron chi connectivity index (χ1n) is 12.1. The fourth-order valence-electron chi connectivity index (χ4n) is 8.45. The number of nitrogens with one attached hydrogen (secondary N) is 1. The van der Waals surface area contributed by atoms with Crippen molar-refractivity contribution >= 4 is 12.2 Å². The molecule has 0 heterocycles. The number of ketones is 1. The van der Waals surface area contributed by atoms with Crippen molar-refractivity contribution in [3.63, 3.8) is 0 Å². The average Bonchev–Trinajstić information content (AvgIpc) is 3.06. The Kier molecular flexibility index (Phi) is 5.81. The Labute approximate surface area is 182 Å². The van der Waals surface area contributed by atoms with Gasteiger partial charge in [-0.05, 0) is 99.2 Å². The second-order valence-electron chi connectivity index (χ2n) is 11.3. The lowest BCUT2D eigenvalue weighted by Gasteiger charge is -2.61. The fourth-order valence-corrected chi connectivity index (χ4v) is 8.45. The van der Waals surface area contributed by atoms with Gasteiger partial charge in [0.05, 0.1) is 0 Å². The number of aliphatic hydroxyl groups is 1. The summed E-state index contributed by atoms with van der Waals surface area (Å²) in [6.07, 6.45) is 11.1. The molecule has 4 fully saturated rings. The summed E-state index contributed by atoms with van der Waals surface area (Å²) in [5, 5.41) is 13.8. The summed E-state index contributed by atoms with van der Waals surface area (Å²) in [5.41, 5.74) is -0.355. The van der Waals surface area contributed by atoms with E-state index in [1.807, 2.05) is 0 Å². The molecule has 1 amide bonds. The number of hydrogen-bond donors (Lipinski definition) is 2. The first kappa shape index (κ1) is 21.9. The zero-order chi connectivity index (χ0) is 21.6. The fraction of sp³-hybridized carbons (Fsp3) is 0.846. The lowest BCUT2D eigenvalue weighted by Crippen LogP contribution is -2.56. The number of amides is 1. The number of hydrogen-bond acceptors (Lipinski definition) is 3. The van der Waals surface area contributed by atoms with Crippen LogP contribution in [0.15, 0.2) is 0 Å². The smallest absolute Gasteiger partial charge is 0.207 e. The lowest BCUT2D eigenvalue weighted by atomic mass is 9.44. The van der Waals surface area contributed by atoms with E-state index in [2.05, 4.69) is 31.0 Å². The summed E-state index contributed by atoms with van der Waals surface area (Å²) in [7, 11) is 0. The highest BCUT2D eigenvalue weighted by molar-refractivity contribution is 5.79. The summed E-state index contributed by atoms with van der Waals surface area (Å²) >= 11 is 0. The third kappa shape index (κ3) is 3.52. The van der Waals surface area contributed by atoms with Gasteiger partial charge in [0.15, 0.2) is 0 Å². The molecule has 0 bridgehead atoms. The summed E-state index contributed by atoms with van der Waals surface area (Å²) in [6, 6.07) is 0. The molecule has 0 aliphatic heterocycles. The molecule has 4 aliphatic carbocycles. The van der Waals surface area contributed by atoms with Crippen LogP contribution in [0.2, 0.25) is 0 Å². The third-order valence-corrected chi connectivity index (χ3v) is 10.0. The molecule has 30 heavy (non-hydrogen) atoms. The Bertz CT molecular complexity index is 753. The Morgan fingerprint density at radius 3 is 2.57 bits per heavy atom. The van der Waals surface area contributed by atoms with E-state index in [1.54, 1.807) is 6.92 Å². The summed E-state index contributed by atoms with van der Waals surface area (Å²) in [5.74, 6) is 9.64. The zero-order valence-corrected chi connectivity index (χ0v) is 19.0. The van der Waals surface area contributed by atoms with Gasteiger partial charge in [-0.15, -0.1) is 0 Å². The number of Topliss-reactive ketones (excluding diaryl/α,β-unsaturated/α-hetero) is 1. The highest BCUT2D eigenvalue weighted by Crippen LogP contribution is 2.68. The van der Waals surface area contributed by atoms with Crippen LogP contribution in [0.4, 0.5) is 0 Å². The Balaban J connectivity index is 1.47. The maximum atomic E-state index is 12.3. The van der Waals surface area contributed by atoms with E-state index in [-0.39, 0.29) is 11.3 Å².